The third-order valence-electron chi connectivity index (χ3n) is 3.68. The van der Waals surface area contributed by atoms with E-state index < -0.39 is 24.1 Å². The lowest BCUT2D eigenvalue weighted by Crippen LogP contribution is -2.44. The second kappa shape index (κ2) is 13.2. The fourth-order valence-electron chi connectivity index (χ4n) is 2.14. The Labute approximate surface area is 164 Å². The molecular formula is C20H27NO7. The molecule has 1 amide bonds. The summed E-state index contributed by atoms with van der Waals surface area (Å²) in [6.45, 7) is 1.85. The van der Waals surface area contributed by atoms with Gasteiger partial charge in [0.2, 0.25) is 0 Å². The SMILES string of the molecule is CCCC/C(=C\C(=O)OC)OC[C@H](NC(=O)OCc1ccccc1)C(=O)OC. The Morgan fingerprint density at radius 3 is 2.39 bits per heavy atom. The topological polar surface area (TPSA) is 100 Å². The Hall–Kier alpha value is -3.03. The summed E-state index contributed by atoms with van der Waals surface area (Å²) in [5, 5.41) is 2.41. The molecule has 1 atom stereocenters. The van der Waals surface area contributed by atoms with Crippen LogP contribution in [0.25, 0.3) is 0 Å². The van der Waals surface area contributed by atoms with Crippen molar-refractivity contribution in [2.75, 3.05) is 20.8 Å². The number of hydrogen-bond acceptors (Lipinski definition) is 7. The monoisotopic (exact) mass is 393 g/mol. The zero-order valence-corrected chi connectivity index (χ0v) is 16.4. The summed E-state index contributed by atoms with van der Waals surface area (Å²) in [7, 11) is 2.46. The highest BCUT2D eigenvalue weighted by Gasteiger charge is 2.23. The molecule has 0 aliphatic rings. The normalized spacial score (nSPS) is 11.9. The molecule has 28 heavy (non-hydrogen) atoms. The molecule has 0 aliphatic heterocycles. The van der Waals surface area contributed by atoms with Crippen molar-refractivity contribution < 1.29 is 33.3 Å². The van der Waals surface area contributed by atoms with Gasteiger partial charge in [-0.05, 0) is 12.0 Å². The highest BCUT2D eigenvalue weighted by atomic mass is 16.6. The van der Waals surface area contributed by atoms with Crippen molar-refractivity contribution in [3.05, 3.63) is 47.7 Å². The predicted octanol–water partition coefficient (Wildman–Crippen LogP) is 2.72. The number of rotatable bonds is 11. The van der Waals surface area contributed by atoms with Crippen LogP contribution in [-0.2, 0) is 35.1 Å². The Morgan fingerprint density at radius 2 is 1.79 bits per heavy atom. The van der Waals surface area contributed by atoms with E-state index in [2.05, 4.69) is 10.1 Å². The van der Waals surface area contributed by atoms with Crippen LogP contribution in [-0.4, -0.2) is 44.9 Å². The lowest BCUT2D eigenvalue weighted by atomic mass is 10.2. The molecule has 0 fully saturated rings. The maximum Gasteiger partial charge on any atom is 0.408 e. The van der Waals surface area contributed by atoms with E-state index in [1.54, 1.807) is 0 Å². The van der Waals surface area contributed by atoms with Crippen LogP contribution in [0.4, 0.5) is 4.79 Å². The second-order valence-corrected chi connectivity index (χ2v) is 5.83. The van der Waals surface area contributed by atoms with E-state index in [1.807, 2.05) is 37.3 Å². The molecular weight excluding hydrogens is 366 g/mol. The molecule has 1 rings (SSSR count). The van der Waals surface area contributed by atoms with E-state index in [-0.39, 0.29) is 13.2 Å². The molecule has 0 aromatic heterocycles. The van der Waals surface area contributed by atoms with Gasteiger partial charge < -0.3 is 24.3 Å². The fraction of sp³-hybridized carbons (Fsp3) is 0.450. The van der Waals surface area contributed by atoms with Gasteiger partial charge in [0.05, 0.1) is 20.3 Å². The van der Waals surface area contributed by atoms with E-state index in [0.717, 1.165) is 18.4 Å². The largest absolute Gasteiger partial charge is 0.495 e. The number of carbonyl (C=O) groups excluding carboxylic acids is 3. The first-order valence-electron chi connectivity index (χ1n) is 8.96. The highest BCUT2D eigenvalue weighted by molar-refractivity contribution is 5.82. The fourth-order valence-corrected chi connectivity index (χ4v) is 2.14. The van der Waals surface area contributed by atoms with Crippen molar-refractivity contribution in [3.63, 3.8) is 0 Å². The summed E-state index contributed by atoms with van der Waals surface area (Å²) in [4.78, 5) is 35.4. The number of carbonyl (C=O) groups is 3. The smallest absolute Gasteiger partial charge is 0.408 e. The Bertz CT molecular complexity index is 658. The molecule has 0 aliphatic carbocycles. The Kier molecular flexibility index (Phi) is 10.8. The third kappa shape index (κ3) is 9.07. The van der Waals surface area contributed by atoms with Gasteiger partial charge in [-0.15, -0.1) is 0 Å². The average molecular weight is 393 g/mol. The molecule has 154 valence electrons. The number of hydrogen-bond donors (Lipinski definition) is 1. The zero-order valence-electron chi connectivity index (χ0n) is 16.4. The van der Waals surface area contributed by atoms with Gasteiger partial charge in [0, 0.05) is 6.42 Å². The minimum atomic E-state index is -1.09. The first-order valence-corrected chi connectivity index (χ1v) is 8.96. The Morgan fingerprint density at radius 1 is 1.07 bits per heavy atom. The number of nitrogens with one attached hydrogen (secondary N) is 1. The molecule has 0 heterocycles. The van der Waals surface area contributed by atoms with E-state index in [9.17, 15) is 14.4 Å². The molecule has 0 saturated carbocycles. The second-order valence-electron chi connectivity index (χ2n) is 5.83. The van der Waals surface area contributed by atoms with Crippen molar-refractivity contribution in [3.8, 4) is 0 Å². The van der Waals surface area contributed by atoms with Crippen LogP contribution < -0.4 is 5.32 Å². The summed E-state index contributed by atoms with van der Waals surface area (Å²) in [5.74, 6) is -0.887. The number of esters is 2. The number of ether oxygens (including phenoxy) is 4. The first kappa shape index (κ1) is 23.0. The minimum Gasteiger partial charge on any atom is -0.495 e. The highest BCUT2D eigenvalue weighted by Crippen LogP contribution is 2.10. The molecule has 0 radical (unpaired) electrons. The van der Waals surface area contributed by atoms with E-state index in [1.165, 1.54) is 20.3 Å². The van der Waals surface area contributed by atoms with E-state index in [0.29, 0.717) is 12.2 Å². The van der Waals surface area contributed by atoms with Crippen molar-refractivity contribution in [1.82, 2.24) is 5.32 Å². The number of unbranched alkanes of at least 4 members (excludes halogenated alkanes) is 1. The molecule has 0 bridgehead atoms. The maximum atomic E-state index is 12.0. The number of alkyl carbamates (subject to hydrolysis) is 1. The molecule has 1 aromatic carbocycles. The molecule has 1 N–H and O–H groups in total. The quantitative estimate of drug-likeness (QED) is 0.267. The van der Waals surface area contributed by atoms with Crippen molar-refractivity contribution in [1.29, 1.82) is 0 Å². The third-order valence-corrected chi connectivity index (χ3v) is 3.68. The molecule has 8 nitrogen and oxygen atoms in total. The maximum absolute atomic E-state index is 12.0. The first-order chi connectivity index (χ1) is 13.5. The van der Waals surface area contributed by atoms with Gasteiger partial charge in [0.1, 0.15) is 19.0 Å². The van der Waals surface area contributed by atoms with E-state index in [4.69, 9.17) is 14.2 Å². The van der Waals surface area contributed by atoms with Crippen LogP contribution in [0.1, 0.15) is 31.7 Å². The molecule has 0 unspecified atom stereocenters. The lowest BCUT2D eigenvalue weighted by Gasteiger charge is -2.18. The molecule has 1 aromatic rings. The van der Waals surface area contributed by atoms with Crippen LogP contribution in [0, 0.1) is 0 Å². The van der Waals surface area contributed by atoms with Crippen molar-refractivity contribution in [2.24, 2.45) is 0 Å². The van der Waals surface area contributed by atoms with Gasteiger partial charge in [0.15, 0.2) is 6.04 Å². The van der Waals surface area contributed by atoms with Gasteiger partial charge >= 0.3 is 18.0 Å². The summed E-state index contributed by atoms with van der Waals surface area (Å²) < 4.78 is 19.9. The summed E-state index contributed by atoms with van der Waals surface area (Å²) in [6, 6.07) is 8.04. The standard InChI is InChI=1S/C20H27NO7/c1-4-5-11-16(12-18(22)25-2)27-14-17(19(23)26-3)21-20(24)28-13-15-9-7-6-8-10-15/h6-10,12,17H,4-5,11,13-14H2,1-3H3,(H,21,24)/b16-12+/t17-/m0/s1. The Balaban J connectivity index is 2.65. The van der Waals surface area contributed by atoms with Crippen LogP contribution >= 0.6 is 0 Å². The van der Waals surface area contributed by atoms with Crippen molar-refractivity contribution in [2.45, 2.75) is 38.8 Å². The van der Waals surface area contributed by atoms with Crippen LogP contribution in [0.3, 0.4) is 0 Å². The van der Waals surface area contributed by atoms with E-state index >= 15 is 0 Å². The molecule has 0 saturated heterocycles. The summed E-state index contributed by atoms with van der Waals surface area (Å²) in [6.07, 6.45) is 2.62. The van der Waals surface area contributed by atoms with Gasteiger partial charge in [-0.2, -0.15) is 0 Å². The number of allylic oxidation sites excluding steroid dienone is 1. The van der Waals surface area contributed by atoms with Gasteiger partial charge in [-0.1, -0.05) is 43.7 Å². The van der Waals surface area contributed by atoms with Gasteiger partial charge in [0.25, 0.3) is 0 Å². The van der Waals surface area contributed by atoms with Crippen LogP contribution in [0.5, 0.6) is 0 Å². The zero-order chi connectivity index (χ0) is 20.8. The number of methoxy groups -OCH3 is 2. The number of benzene rings is 1. The van der Waals surface area contributed by atoms with Crippen LogP contribution in [0.2, 0.25) is 0 Å². The van der Waals surface area contributed by atoms with Gasteiger partial charge in [-0.3, -0.25) is 0 Å². The summed E-state index contributed by atoms with van der Waals surface area (Å²) >= 11 is 0. The molecule has 8 heteroatoms. The summed E-state index contributed by atoms with van der Waals surface area (Å²) in [5.41, 5.74) is 0.811. The molecule has 0 spiro atoms. The minimum absolute atomic E-state index is 0.0609. The van der Waals surface area contributed by atoms with Crippen LogP contribution in [0.15, 0.2) is 42.2 Å². The van der Waals surface area contributed by atoms with Gasteiger partial charge in [-0.25, -0.2) is 14.4 Å². The number of amides is 1. The van der Waals surface area contributed by atoms with Crippen molar-refractivity contribution >= 4 is 18.0 Å². The predicted molar refractivity (Wildman–Crippen MR) is 101 cm³/mol. The average Bonchev–Trinajstić information content (AvgIpc) is 2.72. The lowest BCUT2D eigenvalue weighted by molar-refractivity contribution is -0.144.